The average molecular weight is 512 g/mol. The number of hydrogen-bond acceptors (Lipinski definition) is 7. The Balaban J connectivity index is 2.04. The summed E-state index contributed by atoms with van der Waals surface area (Å²) in [6.45, 7) is 8.84. The number of amides is 1. The number of aryl methyl sites for hydroxylation is 1. The van der Waals surface area contributed by atoms with E-state index in [0.717, 1.165) is 10.4 Å². The van der Waals surface area contributed by atoms with E-state index >= 15 is 0 Å². The van der Waals surface area contributed by atoms with E-state index in [9.17, 15) is 9.59 Å². The van der Waals surface area contributed by atoms with E-state index in [1.165, 1.54) is 11.3 Å². The molecular formula is C26H29N3O4S2. The van der Waals surface area contributed by atoms with Crippen LogP contribution in [0.5, 0.6) is 11.5 Å². The molecule has 3 aromatic rings. The molecule has 0 radical (unpaired) electrons. The smallest absolute Gasteiger partial charge is 0.271 e. The first-order valence-corrected chi connectivity index (χ1v) is 13.1. The van der Waals surface area contributed by atoms with E-state index < -0.39 is 6.04 Å². The molecule has 0 saturated heterocycles. The van der Waals surface area contributed by atoms with Gasteiger partial charge in [0.1, 0.15) is 17.5 Å². The molecular weight excluding hydrogens is 482 g/mol. The number of likely N-dealkylation sites (N-methyl/N-ethyl adjacent to an activating group) is 1. The summed E-state index contributed by atoms with van der Waals surface area (Å²) in [7, 11) is 3.17. The number of fused-ring (bicyclic) bond motifs is 1. The van der Waals surface area contributed by atoms with E-state index in [2.05, 4.69) is 0 Å². The van der Waals surface area contributed by atoms with Crippen LogP contribution >= 0.6 is 22.7 Å². The van der Waals surface area contributed by atoms with Crippen LogP contribution in [0.2, 0.25) is 0 Å². The molecule has 4 rings (SSSR count). The molecule has 9 heteroatoms. The fourth-order valence-electron chi connectivity index (χ4n) is 4.27. The molecule has 184 valence electrons. The number of carbonyl (C=O) groups is 1. The van der Waals surface area contributed by atoms with Gasteiger partial charge in [-0.05, 0) is 69.0 Å². The predicted octanol–water partition coefficient (Wildman–Crippen LogP) is 3.49. The van der Waals surface area contributed by atoms with Crippen LogP contribution in [0.15, 0.2) is 50.7 Å². The average Bonchev–Trinajstić information content (AvgIpc) is 3.40. The summed E-state index contributed by atoms with van der Waals surface area (Å²) in [6, 6.07) is 6.76. The van der Waals surface area contributed by atoms with E-state index in [-0.39, 0.29) is 11.5 Å². The third-order valence-corrected chi connectivity index (χ3v) is 8.15. The van der Waals surface area contributed by atoms with Crippen LogP contribution in [-0.2, 0) is 4.79 Å². The molecule has 3 heterocycles. The first-order valence-electron chi connectivity index (χ1n) is 11.4. The van der Waals surface area contributed by atoms with Crippen LogP contribution in [0.4, 0.5) is 0 Å². The minimum absolute atomic E-state index is 0.144. The lowest BCUT2D eigenvalue weighted by Crippen LogP contribution is -2.43. The highest BCUT2D eigenvalue weighted by atomic mass is 32.1. The Hall–Kier alpha value is -3.17. The quantitative estimate of drug-likeness (QED) is 0.487. The van der Waals surface area contributed by atoms with Crippen LogP contribution in [-0.4, -0.2) is 42.7 Å². The molecule has 1 aliphatic rings. The Bertz CT molecular complexity index is 1470. The topological polar surface area (TPSA) is 73.1 Å². The van der Waals surface area contributed by atoms with Crippen molar-refractivity contribution in [3.63, 3.8) is 0 Å². The van der Waals surface area contributed by atoms with Gasteiger partial charge in [-0.2, -0.15) is 0 Å². The molecule has 0 saturated carbocycles. The maximum Gasteiger partial charge on any atom is 0.271 e. The molecule has 0 bridgehead atoms. The lowest BCUT2D eigenvalue weighted by molar-refractivity contribution is -0.127. The van der Waals surface area contributed by atoms with Gasteiger partial charge in [0, 0.05) is 23.5 Å². The molecule has 0 aliphatic carbocycles. The van der Waals surface area contributed by atoms with E-state index in [4.69, 9.17) is 14.5 Å². The van der Waals surface area contributed by atoms with Gasteiger partial charge >= 0.3 is 0 Å². The number of aromatic nitrogens is 1. The van der Waals surface area contributed by atoms with Crippen molar-refractivity contribution < 1.29 is 14.3 Å². The SMILES string of the molecule is CCN(CC)C(=O)C1=C(C)N=c2s/c(=C/c3sccc3C)c(=O)n2[C@H]1c1cc(OC)ccc1OC. The van der Waals surface area contributed by atoms with Gasteiger partial charge in [0.2, 0.25) is 0 Å². The summed E-state index contributed by atoms with van der Waals surface area (Å²) in [5.41, 5.74) is 2.66. The summed E-state index contributed by atoms with van der Waals surface area (Å²) in [5, 5.41) is 2.01. The molecule has 0 fully saturated rings. The van der Waals surface area contributed by atoms with Crippen LogP contribution < -0.4 is 24.4 Å². The van der Waals surface area contributed by atoms with Gasteiger partial charge in [0.15, 0.2) is 4.80 Å². The second-order valence-electron chi connectivity index (χ2n) is 8.13. The number of carbonyl (C=O) groups excluding carboxylic acids is 1. The Morgan fingerprint density at radius 1 is 1.17 bits per heavy atom. The maximum atomic E-state index is 13.8. The summed E-state index contributed by atoms with van der Waals surface area (Å²) in [5.74, 6) is 1.04. The van der Waals surface area contributed by atoms with Gasteiger partial charge in [0.25, 0.3) is 11.5 Å². The normalized spacial score (nSPS) is 15.6. The Kier molecular flexibility index (Phi) is 7.28. The van der Waals surface area contributed by atoms with E-state index in [1.54, 1.807) is 47.2 Å². The van der Waals surface area contributed by atoms with E-state index in [1.807, 2.05) is 51.3 Å². The van der Waals surface area contributed by atoms with Crippen molar-refractivity contribution in [2.45, 2.75) is 33.7 Å². The van der Waals surface area contributed by atoms with Gasteiger partial charge in [0.05, 0.1) is 30.0 Å². The molecule has 0 N–H and O–H groups in total. The third kappa shape index (κ3) is 4.46. The third-order valence-electron chi connectivity index (χ3n) is 6.20. The zero-order chi connectivity index (χ0) is 25.3. The van der Waals surface area contributed by atoms with E-state index in [0.29, 0.717) is 50.8 Å². The predicted molar refractivity (Wildman–Crippen MR) is 140 cm³/mol. The summed E-state index contributed by atoms with van der Waals surface area (Å²) in [6.07, 6.45) is 1.91. The molecule has 0 unspecified atom stereocenters. The maximum absolute atomic E-state index is 13.8. The number of thiazole rings is 1. The second-order valence-corrected chi connectivity index (χ2v) is 10.1. The van der Waals surface area contributed by atoms with Crippen LogP contribution in [0.1, 0.15) is 42.8 Å². The van der Waals surface area contributed by atoms with Crippen molar-refractivity contribution in [1.82, 2.24) is 9.47 Å². The number of rotatable bonds is 7. The number of ether oxygens (including phenoxy) is 2. The molecule has 35 heavy (non-hydrogen) atoms. The minimum atomic E-state index is -0.698. The lowest BCUT2D eigenvalue weighted by atomic mass is 9.93. The van der Waals surface area contributed by atoms with Crippen LogP contribution in [0, 0.1) is 6.92 Å². The Morgan fingerprint density at radius 2 is 1.91 bits per heavy atom. The monoisotopic (exact) mass is 511 g/mol. The summed E-state index contributed by atoms with van der Waals surface area (Å²) in [4.78, 5) is 35.7. The van der Waals surface area contributed by atoms with Gasteiger partial charge in [-0.1, -0.05) is 11.3 Å². The van der Waals surface area contributed by atoms with Crippen molar-refractivity contribution in [3.05, 3.63) is 76.6 Å². The fraction of sp³-hybridized carbons (Fsp3) is 0.346. The molecule has 2 aromatic heterocycles. The standard InChI is InChI=1S/C26H29N3O4S2/c1-7-28(8-2)25(31)22-16(4)27-26-29(23(22)18-13-17(32-5)9-10-19(18)33-6)24(30)21(35-26)14-20-15(3)11-12-34-20/h9-14,23H,7-8H2,1-6H3/b21-14+/t23-/m0/s1. The number of thiophene rings is 1. The summed E-state index contributed by atoms with van der Waals surface area (Å²) < 4.78 is 13.4. The lowest BCUT2D eigenvalue weighted by Gasteiger charge is -2.30. The Morgan fingerprint density at radius 3 is 2.51 bits per heavy atom. The van der Waals surface area contributed by atoms with Crippen LogP contribution in [0.25, 0.3) is 6.08 Å². The van der Waals surface area contributed by atoms with Gasteiger partial charge < -0.3 is 14.4 Å². The van der Waals surface area contributed by atoms with Crippen molar-refractivity contribution in [1.29, 1.82) is 0 Å². The minimum Gasteiger partial charge on any atom is -0.497 e. The largest absolute Gasteiger partial charge is 0.497 e. The number of nitrogens with zero attached hydrogens (tertiary/aromatic N) is 3. The molecule has 1 aromatic carbocycles. The number of allylic oxidation sites excluding steroid dienone is 1. The van der Waals surface area contributed by atoms with Crippen molar-refractivity contribution in [2.75, 3.05) is 27.3 Å². The second kappa shape index (κ2) is 10.2. The molecule has 1 aliphatic heterocycles. The molecule has 1 atom stereocenters. The molecule has 0 spiro atoms. The molecule has 1 amide bonds. The number of methoxy groups -OCH3 is 2. The van der Waals surface area contributed by atoms with Crippen molar-refractivity contribution in [3.8, 4) is 11.5 Å². The van der Waals surface area contributed by atoms with Crippen molar-refractivity contribution >= 4 is 34.7 Å². The number of hydrogen-bond donors (Lipinski definition) is 0. The van der Waals surface area contributed by atoms with Crippen LogP contribution in [0.3, 0.4) is 0 Å². The fourth-order valence-corrected chi connectivity index (χ4v) is 6.24. The van der Waals surface area contributed by atoms with Gasteiger partial charge in [-0.15, -0.1) is 11.3 Å². The highest BCUT2D eigenvalue weighted by Gasteiger charge is 2.36. The first kappa shape index (κ1) is 24.9. The highest BCUT2D eigenvalue weighted by Crippen LogP contribution is 2.38. The Labute approximate surface area is 212 Å². The van der Waals surface area contributed by atoms with Gasteiger partial charge in [-0.25, -0.2) is 4.99 Å². The van der Waals surface area contributed by atoms with Gasteiger partial charge in [-0.3, -0.25) is 14.2 Å². The number of benzene rings is 1. The first-order chi connectivity index (χ1) is 16.8. The zero-order valence-electron chi connectivity index (χ0n) is 20.7. The molecule has 7 nitrogen and oxygen atoms in total. The highest BCUT2D eigenvalue weighted by molar-refractivity contribution is 7.11. The zero-order valence-corrected chi connectivity index (χ0v) is 22.4. The summed E-state index contributed by atoms with van der Waals surface area (Å²) >= 11 is 2.92. The van der Waals surface area contributed by atoms with Crippen molar-refractivity contribution in [2.24, 2.45) is 4.99 Å².